The van der Waals surface area contributed by atoms with Crippen molar-refractivity contribution in [1.29, 1.82) is 0 Å². The zero-order chi connectivity index (χ0) is 20.2. The Morgan fingerprint density at radius 1 is 1.00 bits per heavy atom. The Bertz CT molecular complexity index is 960. The van der Waals surface area contributed by atoms with E-state index in [-0.39, 0.29) is 11.7 Å². The van der Waals surface area contributed by atoms with Gasteiger partial charge in [0, 0.05) is 32.7 Å². The minimum atomic E-state index is -0.292. The molecule has 3 aromatic rings. The number of aromatic nitrogens is 2. The van der Waals surface area contributed by atoms with Crippen molar-refractivity contribution >= 4 is 5.91 Å². The third-order valence-corrected chi connectivity index (χ3v) is 5.53. The third-order valence-electron chi connectivity index (χ3n) is 5.53. The molecule has 2 heterocycles. The van der Waals surface area contributed by atoms with Gasteiger partial charge in [-0.3, -0.25) is 9.69 Å². The Kier molecular flexibility index (Phi) is 5.71. The molecule has 0 bridgehead atoms. The van der Waals surface area contributed by atoms with Crippen LogP contribution in [-0.4, -0.2) is 58.2 Å². The van der Waals surface area contributed by atoms with E-state index in [4.69, 9.17) is 0 Å². The van der Waals surface area contributed by atoms with Gasteiger partial charge in [-0.15, -0.1) is 0 Å². The Hall–Kier alpha value is -2.99. The van der Waals surface area contributed by atoms with E-state index >= 15 is 0 Å². The van der Waals surface area contributed by atoms with Crippen molar-refractivity contribution < 1.29 is 9.18 Å². The van der Waals surface area contributed by atoms with Crippen LogP contribution in [0, 0.1) is 12.7 Å². The van der Waals surface area contributed by atoms with E-state index in [1.807, 2.05) is 17.9 Å². The van der Waals surface area contributed by atoms with Crippen molar-refractivity contribution in [2.75, 3.05) is 32.7 Å². The molecule has 5 nitrogen and oxygen atoms in total. The number of piperazine rings is 1. The average molecular weight is 392 g/mol. The molecule has 6 heteroatoms. The van der Waals surface area contributed by atoms with Crippen molar-refractivity contribution in [3.8, 4) is 5.69 Å². The van der Waals surface area contributed by atoms with Crippen LogP contribution in [0.4, 0.5) is 4.39 Å². The summed E-state index contributed by atoms with van der Waals surface area (Å²) >= 11 is 0. The fourth-order valence-corrected chi connectivity index (χ4v) is 3.74. The van der Waals surface area contributed by atoms with Crippen molar-refractivity contribution in [3.05, 3.63) is 83.4 Å². The van der Waals surface area contributed by atoms with E-state index < -0.39 is 0 Å². The summed E-state index contributed by atoms with van der Waals surface area (Å²) in [5.74, 6) is -0.279. The fourth-order valence-electron chi connectivity index (χ4n) is 3.74. The molecule has 1 aliphatic rings. The average Bonchev–Trinajstić information content (AvgIpc) is 3.15. The molecule has 1 amide bonds. The Morgan fingerprint density at radius 2 is 1.69 bits per heavy atom. The number of carbonyl (C=O) groups excluding carboxylic acids is 1. The summed E-state index contributed by atoms with van der Waals surface area (Å²) in [7, 11) is 0. The summed E-state index contributed by atoms with van der Waals surface area (Å²) in [6.07, 6.45) is 2.64. The highest BCUT2D eigenvalue weighted by Gasteiger charge is 2.25. The molecule has 1 saturated heterocycles. The molecule has 29 heavy (non-hydrogen) atoms. The predicted molar refractivity (Wildman–Crippen MR) is 111 cm³/mol. The summed E-state index contributed by atoms with van der Waals surface area (Å²) in [5.41, 5.74) is 3.46. The number of carbonyl (C=O) groups is 1. The van der Waals surface area contributed by atoms with Gasteiger partial charge in [-0.05, 0) is 43.2 Å². The third kappa shape index (κ3) is 4.38. The molecule has 0 N–H and O–H groups in total. The van der Waals surface area contributed by atoms with Crippen molar-refractivity contribution in [2.24, 2.45) is 0 Å². The number of halogens is 1. The normalized spacial score (nSPS) is 14.9. The molecule has 0 aliphatic carbocycles. The highest BCUT2D eigenvalue weighted by molar-refractivity contribution is 5.95. The summed E-state index contributed by atoms with van der Waals surface area (Å²) < 4.78 is 14.9. The Morgan fingerprint density at radius 3 is 2.38 bits per heavy atom. The van der Waals surface area contributed by atoms with E-state index in [0.29, 0.717) is 5.56 Å². The SMILES string of the molecule is Cc1c(C(=O)N2CCN(CCc3ccccc3)CC2)cnn1-c1ccc(F)cc1. The number of rotatable bonds is 5. The first-order valence-corrected chi connectivity index (χ1v) is 9.98. The summed E-state index contributed by atoms with van der Waals surface area (Å²) in [6, 6.07) is 16.6. The fraction of sp³-hybridized carbons (Fsp3) is 0.304. The van der Waals surface area contributed by atoms with Gasteiger partial charge in [-0.25, -0.2) is 9.07 Å². The van der Waals surface area contributed by atoms with Gasteiger partial charge in [0.05, 0.1) is 23.1 Å². The molecule has 4 rings (SSSR count). The molecule has 1 aromatic heterocycles. The van der Waals surface area contributed by atoms with E-state index in [1.54, 1.807) is 23.0 Å². The van der Waals surface area contributed by atoms with Crippen molar-refractivity contribution in [1.82, 2.24) is 19.6 Å². The van der Waals surface area contributed by atoms with Crippen LogP contribution < -0.4 is 0 Å². The lowest BCUT2D eigenvalue weighted by Gasteiger charge is -2.34. The number of hydrogen-bond acceptors (Lipinski definition) is 3. The zero-order valence-electron chi connectivity index (χ0n) is 16.6. The van der Waals surface area contributed by atoms with E-state index in [9.17, 15) is 9.18 Å². The number of nitrogens with zero attached hydrogens (tertiary/aromatic N) is 4. The molecule has 1 fully saturated rings. The molecule has 1 aliphatic heterocycles. The molecule has 0 spiro atoms. The summed E-state index contributed by atoms with van der Waals surface area (Å²) in [5, 5.41) is 4.35. The van der Waals surface area contributed by atoms with Crippen molar-refractivity contribution in [3.63, 3.8) is 0 Å². The van der Waals surface area contributed by atoms with Crippen LogP contribution in [0.5, 0.6) is 0 Å². The smallest absolute Gasteiger partial charge is 0.257 e. The maximum atomic E-state index is 13.2. The van der Waals surface area contributed by atoms with Crippen LogP contribution in [0.3, 0.4) is 0 Å². The molecule has 0 saturated carbocycles. The zero-order valence-corrected chi connectivity index (χ0v) is 16.6. The number of benzene rings is 2. The largest absolute Gasteiger partial charge is 0.336 e. The van der Waals surface area contributed by atoms with Crippen LogP contribution >= 0.6 is 0 Å². The molecule has 0 atom stereocenters. The molecular weight excluding hydrogens is 367 g/mol. The predicted octanol–water partition coefficient (Wildman–Crippen LogP) is 3.32. The van der Waals surface area contributed by atoms with Gasteiger partial charge in [-0.2, -0.15) is 5.10 Å². The van der Waals surface area contributed by atoms with Gasteiger partial charge < -0.3 is 4.90 Å². The van der Waals surface area contributed by atoms with Gasteiger partial charge in [-0.1, -0.05) is 30.3 Å². The molecular formula is C23H25FN4O. The van der Waals surface area contributed by atoms with Gasteiger partial charge in [0.2, 0.25) is 0 Å². The monoisotopic (exact) mass is 392 g/mol. The van der Waals surface area contributed by atoms with Gasteiger partial charge in [0.1, 0.15) is 5.82 Å². The first kappa shape index (κ1) is 19.3. The highest BCUT2D eigenvalue weighted by atomic mass is 19.1. The van der Waals surface area contributed by atoms with Gasteiger partial charge >= 0.3 is 0 Å². The molecule has 150 valence electrons. The van der Waals surface area contributed by atoms with E-state index in [1.165, 1.54) is 17.7 Å². The second-order valence-electron chi connectivity index (χ2n) is 7.40. The van der Waals surface area contributed by atoms with Crippen molar-refractivity contribution in [2.45, 2.75) is 13.3 Å². The van der Waals surface area contributed by atoms with E-state index in [0.717, 1.165) is 50.5 Å². The maximum absolute atomic E-state index is 13.2. The highest BCUT2D eigenvalue weighted by Crippen LogP contribution is 2.17. The first-order chi connectivity index (χ1) is 14.1. The molecule has 0 unspecified atom stereocenters. The van der Waals surface area contributed by atoms with Crippen LogP contribution in [0.25, 0.3) is 5.69 Å². The molecule has 0 radical (unpaired) electrons. The standard InChI is InChI=1S/C23H25FN4O/c1-18-22(17-25-28(18)21-9-7-20(24)8-10-21)23(29)27-15-13-26(14-16-27)12-11-19-5-3-2-4-6-19/h2-10,17H,11-16H2,1H3. The van der Waals surface area contributed by atoms with Crippen LogP contribution in [0.15, 0.2) is 60.8 Å². The van der Waals surface area contributed by atoms with Gasteiger partial charge in [0.25, 0.3) is 5.91 Å². The number of amides is 1. The lowest BCUT2D eigenvalue weighted by atomic mass is 10.1. The first-order valence-electron chi connectivity index (χ1n) is 9.98. The summed E-state index contributed by atoms with van der Waals surface area (Å²) in [4.78, 5) is 17.3. The second kappa shape index (κ2) is 8.57. The topological polar surface area (TPSA) is 41.4 Å². The molecule has 2 aromatic carbocycles. The number of hydrogen-bond donors (Lipinski definition) is 0. The Labute approximate surface area is 170 Å². The second-order valence-corrected chi connectivity index (χ2v) is 7.40. The van der Waals surface area contributed by atoms with Gasteiger partial charge in [0.15, 0.2) is 0 Å². The summed E-state index contributed by atoms with van der Waals surface area (Å²) in [6.45, 7) is 6.07. The van der Waals surface area contributed by atoms with Crippen LogP contribution in [-0.2, 0) is 6.42 Å². The lowest BCUT2D eigenvalue weighted by Crippen LogP contribution is -2.49. The van der Waals surface area contributed by atoms with Crippen LogP contribution in [0.1, 0.15) is 21.6 Å². The van der Waals surface area contributed by atoms with E-state index in [2.05, 4.69) is 34.3 Å². The minimum Gasteiger partial charge on any atom is -0.336 e. The maximum Gasteiger partial charge on any atom is 0.257 e. The Balaban J connectivity index is 1.35. The quantitative estimate of drug-likeness (QED) is 0.669. The lowest BCUT2D eigenvalue weighted by molar-refractivity contribution is 0.0638. The minimum absolute atomic E-state index is 0.0126. The van der Waals surface area contributed by atoms with Crippen LogP contribution in [0.2, 0.25) is 0 Å².